The van der Waals surface area contributed by atoms with Gasteiger partial charge in [-0.05, 0) is 38.4 Å². The third-order valence-corrected chi connectivity index (χ3v) is 3.34. The van der Waals surface area contributed by atoms with Gasteiger partial charge in [0.15, 0.2) is 0 Å². The van der Waals surface area contributed by atoms with Gasteiger partial charge in [0, 0.05) is 12.6 Å². The highest BCUT2D eigenvalue weighted by molar-refractivity contribution is 6.39. The molecular weight excluding hydrogens is 320 g/mol. The first-order valence-electron chi connectivity index (χ1n) is 7.12. The fourth-order valence-electron chi connectivity index (χ4n) is 2.06. The van der Waals surface area contributed by atoms with Crippen molar-refractivity contribution in [1.29, 1.82) is 0 Å². The van der Waals surface area contributed by atoms with Crippen molar-refractivity contribution in [3.05, 3.63) is 54.0 Å². The Morgan fingerprint density at radius 2 is 1.96 bits per heavy atom. The zero-order valence-electron chi connectivity index (χ0n) is 13.2. The number of furan rings is 1. The standard InChI is InChI=1S/C16H17F2N3O3/c1-21(2)13(14-4-3-7-24-14)9-19-15(22)16(23)20-12-6-5-10(17)8-11(12)18/h3-8,13H,9H2,1-2H3,(H,19,22)(H,20,23). The third-order valence-electron chi connectivity index (χ3n) is 3.34. The van der Waals surface area contributed by atoms with Crippen LogP contribution in [0.15, 0.2) is 41.0 Å². The molecule has 0 aliphatic heterocycles. The number of amides is 2. The summed E-state index contributed by atoms with van der Waals surface area (Å²) in [6.07, 6.45) is 1.51. The molecule has 24 heavy (non-hydrogen) atoms. The van der Waals surface area contributed by atoms with Crippen LogP contribution in [0, 0.1) is 11.6 Å². The Morgan fingerprint density at radius 3 is 2.54 bits per heavy atom. The fourth-order valence-corrected chi connectivity index (χ4v) is 2.06. The van der Waals surface area contributed by atoms with E-state index in [1.807, 2.05) is 4.90 Å². The summed E-state index contributed by atoms with van der Waals surface area (Å²) in [6, 6.07) is 5.85. The van der Waals surface area contributed by atoms with Crippen molar-refractivity contribution in [3.63, 3.8) is 0 Å². The van der Waals surface area contributed by atoms with Gasteiger partial charge in [0.25, 0.3) is 0 Å². The van der Waals surface area contributed by atoms with E-state index < -0.39 is 23.4 Å². The van der Waals surface area contributed by atoms with E-state index in [-0.39, 0.29) is 18.3 Å². The fraction of sp³-hybridized carbons (Fsp3) is 0.250. The van der Waals surface area contributed by atoms with Crippen molar-refractivity contribution < 1.29 is 22.8 Å². The highest BCUT2D eigenvalue weighted by Crippen LogP contribution is 2.18. The number of rotatable bonds is 5. The molecular formula is C16H17F2N3O3. The average Bonchev–Trinajstić information content (AvgIpc) is 3.03. The lowest BCUT2D eigenvalue weighted by Crippen LogP contribution is -2.40. The maximum atomic E-state index is 13.5. The highest BCUT2D eigenvalue weighted by atomic mass is 19.1. The first-order valence-corrected chi connectivity index (χ1v) is 7.12. The summed E-state index contributed by atoms with van der Waals surface area (Å²) < 4.78 is 31.6. The molecule has 0 spiro atoms. The van der Waals surface area contributed by atoms with Gasteiger partial charge in [-0.15, -0.1) is 0 Å². The Bertz CT molecular complexity index is 717. The lowest BCUT2D eigenvalue weighted by Gasteiger charge is -2.22. The van der Waals surface area contributed by atoms with Crippen molar-refractivity contribution in [2.75, 3.05) is 26.0 Å². The topological polar surface area (TPSA) is 74.6 Å². The molecule has 1 heterocycles. The minimum atomic E-state index is -1.04. The first-order chi connectivity index (χ1) is 11.4. The van der Waals surface area contributed by atoms with E-state index >= 15 is 0 Å². The van der Waals surface area contributed by atoms with Crippen molar-refractivity contribution in [2.24, 2.45) is 0 Å². The summed E-state index contributed by atoms with van der Waals surface area (Å²) in [6.45, 7) is 0.124. The molecule has 0 saturated carbocycles. The predicted octanol–water partition coefficient (Wildman–Crippen LogP) is 1.92. The Hall–Kier alpha value is -2.74. The lowest BCUT2D eigenvalue weighted by molar-refractivity contribution is -0.136. The molecule has 0 radical (unpaired) electrons. The molecule has 2 N–H and O–H groups in total. The van der Waals surface area contributed by atoms with Crippen LogP contribution in [0.4, 0.5) is 14.5 Å². The Balaban J connectivity index is 1.95. The molecule has 1 aromatic heterocycles. The highest BCUT2D eigenvalue weighted by Gasteiger charge is 2.21. The molecule has 128 valence electrons. The van der Waals surface area contributed by atoms with Gasteiger partial charge in [0.05, 0.1) is 18.0 Å². The number of anilines is 1. The van der Waals surface area contributed by atoms with Gasteiger partial charge >= 0.3 is 11.8 Å². The van der Waals surface area contributed by atoms with Gasteiger partial charge in [-0.3, -0.25) is 14.5 Å². The third kappa shape index (κ3) is 4.39. The summed E-state index contributed by atoms with van der Waals surface area (Å²) in [5.74, 6) is -3.08. The number of benzene rings is 1. The number of carbonyl (C=O) groups is 2. The smallest absolute Gasteiger partial charge is 0.313 e. The van der Waals surface area contributed by atoms with E-state index in [0.717, 1.165) is 12.1 Å². The lowest BCUT2D eigenvalue weighted by atomic mass is 10.2. The van der Waals surface area contributed by atoms with Crippen LogP contribution in [0.2, 0.25) is 0 Å². The van der Waals surface area contributed by atoms with Crippen molar-refractivity contribution >= 4 is 17.5 Å². The maximum Gasteiger partial charge on any atom is 0.313 e. The summed E-state index contributed by atoms with van der Waals surface area (Å²) in [4.78, 5) is 25.5. The number of likely N-dealkylation sites (N-methyl/N-ethyl adjacent to an activating group) is 1. The molecule has 0 saturated heterocycles. The Labute approximate surface area is 137 Å². The quantitative estimate of drug-likeness (QED) is 0.818. The zero-order chi connectivity index (χ0) is 17.7. The number of nitrogens with zero attached hydrogens (tertiary/aromatic N) is 1. The number of halogens is 2. The molecule has 6 nitrogen and oxygen atoms in total. The largest absolute Gasteiger partial charge is 0.468 e. The van der Waals surface area contributed by atoms with Crippen LogP contribution < -0.4 is 10.6 Å². The van der Waals surface area contributed by atoms with E-state index in [0.29, 0.717) is 11.8 Å². The second-order valence-electron chi connectivity index (χ2n) is 5.28. The molecule has 1 atom stereocenters. The minimum absolute atomic E-state index is 0.124. The maximum absolute atomic E-state index is 13.5. The van der Waals surface area contributed by atoms with Crippen LogP contribution in [-0.2, 0) is 9.59 Å². The predicted molar refractivity (Wildman–Crippen MR) is 83.1 cm³/mol. The summed E-state index contributed by atoms with van der Waals surface area (Å²) in [5.41, 5.74) is -0.272. The SMILES string of the molecule is CN(C)C(CNC(=O)C(=O)Nc1ccc(F)cc1F)c1ccco1. The van der Waals surface area contributed by atoms with Gasteiger partial charge in [-0.25, -0.2) is 8.78 Å². The molecule has 0 bridgehead atoms. The van der Waals surface area contributed by atoms with E-state index in [9.17, 15) is 18.4 Å². The average molecular weight is 337 g/mol. The molecule has 0 aliphatic carbocycles. The summed E-state index contributed by atoms with van der Waals surface area (Å²) in [5, 5.41) is 4.55. The van der Waals surface area contributed by atoms with E-state index in [1.54, 1.807) is 26.2 Å². The van der Waals surface area contributed by atoms with Gasteiger partial charge < -0.3 is 15.1 Å². The normalized spacial score (nSPS) is 12.0. The van der Waals surface area contributed by atoms with Crippen LogP contribution >= 0.6 is 0 Å². The zero-order valence-corrected chi connectivity index (χ0v) is 13.2. The van der Waals surface area contributed by atoms with Crippen molar-refractivity contribution in [1.82, 2.24) is 10.2 Å². The van der Waals surface area contributed by atoms with Crippen LogP contribution in [0.5, 0.6) is 0 Å². The van der Waals surface area contributed by atoms with Gasteiger partial charge in [-0.2, -0.15) is 0 Å². The molecule has 0 aliphatic rings. The van der Waals surface area contributed by atoms with Crippen molar-refractivity contribution in [2.45, 2.75) is 6.04 Å². The molecule has 2 rings (SSSR count). The first kappa shape index (κ1) is 17.6. The number of hydrogen-bond acceptors (Lipinski definition) is 4. The molecule has 0 fully saturated rings. The van der Waals surface area contributed by atoms with Gasteiger partial charge in [0.2, 0.25) is 0 Å². The second kappa shape index (κ2) is 7.69. The summed E-state index contributed by atoms with van der Waals surface area (Å²) >= 11 is 0. The number of carbonyl (C=O) groups excluding carboxylic acids is 2. The monoisotopic (exact) mass is 337 g/mol. The van der Waals surface area contributed by atoms with Crippen molar-refractivity contribution in [3.8, 4) is 0 Å². The van der Waals surface area contributed by atoms with Crippen LogP contribution in [0.25, 0.3) is 0 Å². The van der Waals surface area contributed by atoms with Gasteiger partial charge in [-0.1, -0.05) is 0 Å². The molecule has 1 unspecified atom stereocenters. The molecule has 8 heteroatoms. The second-order valence-corrected chi connectivity index (χ2v) is 5.28. The summed E-state index contributed by atoms with van der Waals surface area (Å²) in [7, 11) is 3.60. The molecule has 2 amide bonds. The number of nitrogens with one attached hydrogen (secondary N) is 2. The molecule has 1 aromatic carbocycles. The van der Waals surface area contributed by atoms with E-state index in [4.69, 9.17) is 4.42 Å². The molecule has 2 aromatic rings. The van der Waals surface area contributed by atoms with Crippen LogP contribution in [-0.4, -0.2) is 37.4 Å². The minimum Gasteiger partial charge on any atom is -0.468 e. The van der Waals surface area contributed by atoms with Gasteiger partial charge in [0.1, 0.15) is 17.4 Å². The van der Waals surface area contributed by atoms with Crippen LogP contribution in [0.1, 0.15) is 11.8 Å². The van der Waals surface area contributed by atoms with E-state index in [1.165, 1.54) is 6.26 Å². The Kier molecular flexibility index (Phi) is 5.64. The van der Waals surface area contributed by atoms with Crippen LogP contribution in [0.3, 0.4) is 0 Å². The Morgan fingerprint density at radius 1 is 1.21 bits per heavy atom. The van der Waals surface area contributed by atoms with E-state index in [2.05, 4.69) is 10.6 Å². The number of hydrogen-bond donors (Lipinski definition) is 2.